The third-order valence-electron chi connectivity index (χ3n) is 10.1. The van der Waals surface area contributed by atoms with E-state index in [4.69, 9.17) is 29.4 Å². The quantitative estimate of drug-likeness (QED) is 0.123. The van der Waals surface area contributed by atoms with Crippen molar-refractivity contribution >= 4 is 34.9 Å². The van der Waals surface area contributed by atoms with E-state index in [0.29, 0.717) is 23.4 Å². The van der Waals surface area contributed by atoms with Gasteiger partial charge in [-0.1, -0.05) is 0 Å². The molecule has 2 fully saturated rings. The van der Waals surface area contributed by atoms with E-state index in [2.05, 4.69) is 31.9 Å². The van der Waals surface area contributed by atoms with Gasteiger partial charge in [0.05, 0.1) is 61.0 Å². The molecule has 14 nitrogen and oxygen atoms in total. The molecule has 0 N–H and O–H groups in total. The van der Waals surface area contributed by atoms with Crippen molar-refractivity contribution in [2.75, 3.05) is 60.2 Å². The summed E-state index contributed by atoms with van der Waals surface area (Å²) in [5.74, 6) is 3.99. The molecular weight excluding hydrogens is 693 g/mol. The van der Waals surface area contributed by atoms with Crippen LogP contribution in [0.4, 0.5) is 34.9 Å². The molecule has 4 aromatic heterocycles. The van der Waals surface area contributed by atoms with Crippen molar-refractivity contribution in [3.05, 3.63) is 96.4 Å². The van der Waals surface area contributed by atoms with Crippen molar-refractivity contribution in [1.29, 1.82) is 0 Å². The minimum Gasteiger partial charge on any atom is -0.494 e. The predicted octanol–water partition coefficient (Wildman–Crippen LogP) is 7.37. The average molecular weight is 741 g/mol. The molecule has 6 heterocycles. The summed E-state index contributed by atoms with van der Waals surface area (Å²) in [6.45, 7) is 11.7. The zero-order chi connectivity index (χ0) is 38.1. The van der Waals surface area contributed by atoms with E-state index in [1.54, 1.807) is 26.9 Å². The van der Waals surface area contributed by atoms with Gasteiger partial charge in [0.2, 0.25) is 0 Å². The summed E-state index contributed by atoms with van der Waals surface area (Å²) in [4.78, 5) is 34.5. The number of piperidine rings is 1. The van der Waals surface area contributed by atoms with Crippen molar-refractivity contribution in [3.63, 3.8) is 0 Å². The van der Waals surface area contributed by atoms with Crippen LogP contribution in [-0.2, 0) is 0 Å². The summed E-state index contributed by atoms with van der Waals surface area (Å²) >= 11 is 0. The van der Waals surface area contributed by atoms with Gasteiger partial charge in [-0.25, -0.2) is 30.0 Å². The lowest BCUT2D eigenvalue weighted by atomic mass is 10.1. The Morgan fingerprint density at radius 2 is 0.927 bits per heavy atom. The van der Waals surface area contributed by atoms with Crippen molar-refractivity contribution < 1.29 is 9.47 Å². The number of nitrogens with zero attached hydrogens (tertiary/aromatic N) is 12. The molecule has 8 rings (SSSR count). The molecule has 0 atom stereocenters. The highest BCUT2D eigenvalue weighted by Crippen LogP contribution is 2.40. The van der Waals surface area contributed by atoms with E-state index < -0.39 is 0 Å². The van der Waals surface area contributed by atoms with Crippen LogP contribution >= 0.6 is 0 Å². The molecule has 284 valence electrons. The summed E-state index contributed by atoms with van der Waals surface area (Å²) < 4.78 is 16.1. The van der Waals surface area contributed by atoms with E-state index in [9.17, 15) is 0 Å². The molecule has 55 heavy (non-hydrogen) atoms. The van der Waals surface area contributed by atoms with Crippen molar-refractivity contribution in [2.45, 2.75) is 59.8 Å². The van der Waals surface area contributed by atoms with Gasteiger partial charge in [0.15, 0.2) is 0 Å². The maximum Gasteiger partial charge on any atom is 0.252 e. The Balaban J connectivity index is 1.37. The van der Waals surface area contributed by atoms with E-state index in [0.717, 1.165) is 109 Å². The fraction of sp³-hybridized carbons (Fsp3) is 0.366. The van der Waals surface area contributed by atoms with Crippen LogP contribution in [0.5, 0.6) is 11.5 Å². The SMILES string of the molecule is COc1cc(N(c2nc(C)cc(N3CCCCC3)n2)N(c2ccc(-n3cnc(C)c3)c(OC)c2)c2nc(C)cc(N3CCCC3)n2)ccc1-n1cnc(C)c1. The Labute approximate surface area is 322 Å². The zero-order valence-corrected chi connectivity index (χ0v) is 32.5. The molecule has 2 aromatic carbocycles. The van der Waals surface area contributed by atoms with Crippen LogP contribution in [-0.4, -0.2) is 79.4 Å². The minimum absolute atomic E-state index is 0.466. The topological polar surface area (TPSA) is 119 Å². The lowest BCUT2D eigenvalue weighted by molar-refractivity contribution is 0.412. The van der Waals surface area contributed by atoms with Gasteiger partial charge in [-0.3, -0.25) is 0 Å². The second-order valence-corrected chi connectivity index (χ2v) is 14.3. The van der Waals surface area contributed by atoms with Crippen LogP contribution in [0.1, 0.15) is 54.9 Å². The summed E-state index contributed by atoms with van der Waals surface area (Å²) in [5, 5.41) is 3.98. The van der Waals surface area contributed by atoms with Gasteiger partial charge in [-0.2, -0.15) is 9.97 Å². The van der Waals surface area contributed by atoms with Gasteiger partial charge in [-0.05, 0) is 84.1 Å². The Morgan fingerprint density at radius 3 is 1.31 bits per heavy atom. The number of hydrogen-bond acceptors (Lipinski definition) is 12. The van der Waals surface area contributed by atoms with E-state index in [1.165, 1.54) is 6.42 Å². The van der Waals surface area contributed by atoms with Crippen LogP contribution in [0, 0.1) is 27.7 Å². The second-order valence-electron chi connectivity index (χ2n) is 14.3. The molecule has 2 aliphatic rings. The first kappa shape index (κ1) is 35.8. The maximum atomic E-state index is 6.07. The summed E-state index contributed by atoms with van der Waals surface area (Å²) in [5.41, 5.74) is 6.69. The number of rotatable bonds is 11. The van der Waals surface area contributed by atoms with E-state index >= 15 is 0 Å². The molecule has 0 saturated carbocycles. The lowest BCUT2D eigenvalue weighted by Gasteiger charge is -2.36. The molecule has 0 bridgehead atoms. The number of hydrogen-bond donors (Lipinski definition) is 0. The normalized spacial score (nSPS) is 14.4. The standard InChI is InChI=1S/C41H48N12O2/c1-28-20-38(48-16-8-7-9-17-48)46-40(44-28)52(32-12-14-34(36(22-32)54-5)50-24-30(3)42-26-50)53(41-45-29(2)21-39(47-41)49-18-10-11-19-49)33-13-15-35(37(23-33)55-6)51-25-31(4)43-27-51/h12-15,20-27H,7-11,16-19H2,1-6H3. The molecular formula is C41H48N12O2. The molecule has 0 amide bonds. The summed E-state index contributed by atoms with van der Waals surface area (Å²) in [6.07, 6.45) is 13.3. The zero-order valence-electron chi connectivity index (χ0n) is 32.5. The van der Waals surface area contributed by atoms with Crippen LogP contribution in [0.3, 0.4) is 0 Å². The monoisotopic (exact) mass is 740 g/mol. The first-order valence-corrected chi connectivity index (χ1v) is 19.0. The van der Waals surface area contributed by atoms with Crippen molar-refractivity contribution in [3.8, 4) is 22.9 Å². The minimum atomic E-state index is 0.466. The number of aryl methyl sites for hydroxylation is 4. The number of ether oxygens (including phenoxy) is 2. The molecule has 14 heteroatoms. The molecule has 0 spiro atoms. The molecule has 0 aliphatic carbocycles. The third kappa shape index (κ3) is 7.36. The second kappa shape index (κ2) is 15.3. The highest BCUT2D eigenvalue weighted by molar-refractivity contribution is 5.76. The fourth-order valence-corrected chi connectivity index (χ4v) is 7.43. The third-order valence-corrected chi connectivity index (χ3v) is 10.1. The number of hydrazine groups is 1. The number of benzene rings is 2. The van der Waals surface area contributed by atoms with Crippen molar-refractivity contribution in [2.24, 2.45) is 0 Å². The number of methoxy groups -OCH3 is 2. The fourth-order valence-electron chi connectivity index (χ4n) is 7.43. The van der Waals surface area contributed by atoms with Gasteiger partial charge in [0.25, 0.3) is 11.9 Å². The first-order chi connectivity index (χ1) is 26.8. The van der Waals surface area contributed by atoms with Gasteiger partial charge in [0, 0.05) is 74.2 Å². The number of imidazole rings is 2. The highest BCUT2D eigenvalue weighted by Gasteiger charge is 2.30. The molecule has 6 aromatic rings. The van der Waals surface area contributed by atoms with Gasteiger partial charge >= 0.3 is 0 Å². The molecule has 2 aliphatic heterocycles. The lowest BCUT2D eigenvalue weighted by Crippen LogP contribution is -2.39. The number of aromatic nitrogens is 8. The van der Waals surface area contributed by atoms with E-state index in [-0.39, 0.29) is 0 Å². The molecule has 0 radical (unpaired) electrons. The molecule has 0 unspecified atom stereocenters. The summed E-state index contributed by atoms with van der Waals surface area (Å²) in [6, 6.07) is 16.3. The molecule has 2 saturated heterocycles. The number of anilines is 6. The highest BCUT2D eigenvalue weighted by atomic mass is 16.5. The van der Waals surface area contributed by atoms with Crippen LogP contribution in [0.15, 0.2) is 73.6 Å². The first-order valence-electron chi connectivity index (χ1n) is 19.0. The van der Waals surface area contributed by atoms with Crippen LogP contribution < -0.4 is 29.3 Å². The Bertz CT molecular complexity index is 2290. The Morgan fingerprint density at radius 1 is 0.509 bits per heavy atom. The summed E-state index contributed by atoms with van der Waals surface area (Å²) in [7, 11) is 3.36. The average Bonchev–Trinajstić information content (AvgIpc) is 4.00. The van der Waals surface area contributed by atoms with E-state index in [1.807, 2.05) is 95.6 Å². The Kier molecular flexibility index (Phi) is 9.96. The van der Waals surface area contributed by atoms with Gasteiger partial charge < -0.3 is 28.4 Å². The van der Waals surface area contributed by atoms with Gasteiger partial charge in [0.1, 0.15) is 23.1 Å². The maximum absolute atomic E-state index is 6.07. The van der Waals surface area contributed by atoms with Crippen molar-refractivity contribution in [1.82, 2.24) is 39.0 Å². The Hall–Kier alpha value is -6.18. The predicted molar refractivity (Wildman–Crippen MR) is 215 cm³/mol. The smallest absolute Gasteiger partial charge is 0.252 e. The van der Waals surface area contributed by atoms with Crippen LogP contribution in [0.2, 0.25) is 0 Å². The largest absolute Gasteiger partial charge is 0.494 e. The van der Waals surface area contributed by atoms with Crippen LogP contribution in [0.25, 0.3) is 11.4 Å². The van der Waals surface area contributed by atoms with Gasteiger partial charge in [-0.15, -0.1) is 0 Å².